The van der Waals surface area contributed by atoms with Crippen molar-refractivity contribution < 1.29 is 9.72 Å². The van der Waals surface area contributed by atoms with Gasteiger partial charge in [-0.05, 0) is 34.1 Å². The van der Waals surface area contributed by atoms with Crippen molar-refractivity contribution in [2.24, 2.45) is 0 Å². The number of fused-ring (bicyclic) bond motifs is 1. The summed E-state index contributed by atoms with van der Waals surface area (Å²) >= 11 is 4.50. The first kappa shape index (κ1) is 20.0. The predicted molar refractivity (Wildman–Crippen MR) is 117 cm³/mol. The summed E-state index contributed by atoms with van der Waals surface area (Å²) in [5, 5.41) is 19.3. The third-order valence-electron chi connectivity index (χ3n) is 4.11. The first-order chi connectivity index (χ1) is 14.5. The smallest absolute Gasteiger partial charge is 0.270 e. The van der Waals surface area contributed by atoms with Crippen molar-refractivity contribution >= 4 is 56.0 Å². The van der Waals surface area contributed by atoms with E-state index in [9.17, 15) is 14.9 Å². The van der Waals surface area contributed by atoms with Crippen molar-refractivity contribution in [2.45, 2.75) is 5.03 Å². The van der Waals surface area contributed by atoms with Crippen LogP contribution in [-0.2, 0) is 4.79 Å². The number of aromatic nitrogens is 4. The van der Waals surface area contributed by atoms with E-state index in [1.165, 1.54) is 36.3 Å². The fourth-order valence-corrected chi connectivity index (χ4v) is 3.96. The number of anilines is 1. The average molecular weight is 485 g/mol. The Hall–Kier alpha value is -3.31. The van der Waals surface area contributed by atoms with E-state index in [-0.39, 0.29) is 17.3 Å². The van der Waals surface area contributed by atoms with E-state index in [4.69, 9.17) is 0 Å². The molecule has 4 rings (SSSR count). The Morgan fingerprint density at radius 2 is 2.00 bits per heavy atom. The molecular weight excluding hydrogens is 472 g/mol. The molecule has 0 saturated heterocycles. The molecule has 30 heavy (non-hydrogen) atoms. The summed E-state index contributed by atoms with van der Waals surface area (Å²) in [4.78, 5) is 31.3. The molecule has 4 aromatic rings. The van der Waals surface area contributed by atoms with Gasteiger partial charge in [0, 0.05) is 16.6 Å². The lowest BCUT2D eigenvalue weighted by molar-refractivity contribution is -0.384. The second kappa shape index (κ2) is 8.59. The van der Waals surface area contributed by atoms with Crippen LogP contribution in [0.4, 0.5) is 11.4 Å². The van der Waals surface area contributed by atoms with Gasteiger partial charge in [0.15, 0.2) is 5.65 Å². The molecule has 2 aromatic heterocycles. The number of nitro benzene ring substituents is 1. The maximum atomic E-state index is 12.4. The molecule has 0 fully saturated rings. The van der Waals surface area contributed by atoms with E-state index in [1.807, 2.05) is 30.3 Å². The third kappa shape index (κ3) is 4.16. The van der Waals surface area contributed by atoms with E-state index in [0.717, 1.165) is 11.1 Å². The number of nitrogens with one attached hydrogen (secondary N) is 1. The predicted octanol–water partition coefficient (Wildman–Crippen LogP) is 4.22. The molecule has 1 amide bonds. The minimum Gasteiger partial charge on any atom is -0.324 e. The van der Waals surface area contributed by atoms with Crippen LogP contribution < -0.4 is 5.32 Å². The van der Waals surface area contributed by atoms with Crippen molar-refractivity contribution in [3.05, 3.63) is 75.6 Å². The molecule has 0 bridgehead atoms. The number of halogens is 1. The molecule has 0 radical (unpaired) electrons. The number of hydrogen-bond acceptors (Lipinski definition) is 7. The zero-order chi connectivity index (χ0) is 21.1. The van der Waals surface area contributed by atoms with Gasteiger partial charge >= 0.3 is 0 Å². The first-order valence-electron chi connectivity index (χ1n) is 8.63. The zero-order valence-electron chi connectivity index (χ0n) is 15.2. The number of nitrogens with zero attached hydrogens (tertiary/aromatic N) is 5. The van der Waals surface area contributed by atoms with Gasteiger partial charge in [-0.3, -0.25) is 14.9 Å². The lowest BCUT2D eigenvalue weighted by Crippen LogP contribution is -2.14. The molecule has 11 heteroatoms. The Bertz CT molecular complexity index is 1250. The van der Waals surface area contributed by atoms with Gasteiger partial charge in [-0.1, -0.05) is 30.0 Å². The molecule has 0 aliphatic rings. The van der Waals surface area contributed by atoms with Crippen molar-refractivity contribution in [1.29, 1.82) is 0 Å². The highest BCUT2D eigenvalue weighted by molar-refractivity contribution is 9.10. The largest absolute Gasteiger partial charge is 0.324 e. The van der Waals surface area contributed by atoms with Crippen LogP contribution in [0.3, 0.4) is 0 Å². The SMILES string of the molecule is O=C(CSc1ncnc2c1cnn2-c1ccccc1)Nc1ccc([N+](=O)[O-])cc1Br. The van der Waals surface area contributed by atoms with Crippen LogP contribution in [0.1, 0.15) is 0 Å². The van der Waals surface area contributed by atoms with Crippen LogP contribution >= 0.6 is 27.7 Å². The molecule has 150 valence electrons. The van der Waals surface area contributed by atoms with Crippen LogP contribution in [0.2, 0.25) is 0 Å². The molecule has 0 spiro atoms. The van der Waals surface area contributed by atoms with Crippen LogP contribution in [0.5, 0.6) is 0 Å². The molecule has 0 saturated carbocycles. The normalized spacial score (nSPS) is 10.8. The minimum atomic E-state index is -0.498. The molecule has 2 heterocycles. The topological polar surface area (TPSA) is 116 Å². The van der Waals surface area contributed by atoms with E-state index < -0.39 is 4.92 Å². The number of rotatable bonds is 6. The lowest BCUT2D eigenvalue weighted by atomic mass is 10.3. The monoisotopic (exact) mass is 484 g/mol. The Labute approximate surface area is 182 Å². The quantitative estimate of drug-likeness (QED) is 0.188. The average Bonchev–Trinajstić information content (AvgIpc) is 3.19. The first-order valence-corrected chi connectivity index (χ1v) is 10.4. The van der Waals surface area contributed by atoms with Gasteiger partial charge < -0.3 is 5.32 Å². The van der Waals surface area contributed by atoms with Crippen LogP contribution in [-0.4, -0.2) is 36.3 Å². The summed E-state index contributed by atoms with van der Waals surface area (Å²) in [6.45, 7) is 0. The van der Waals surface area contributed by atoms with Gasteiger partial charge in [0.25, 0.3) is 5.69 Å². The maximum absolute atomic E-state index is 12.4. The fourth-order valence-electron chi connectivity index (χ4n) is 2.73. The van der Waals surface area contributed by atoms with Gasteiger partial charge in [-0.25, -0.2) is 14.6 Å². The summed E-state index contributed by atoms with van der Waals surface area (Å²) in [7, 11) is 0. The summed E-state index contributed by atoms with van der Waals surface area (Å²) < 4.78 is 2.15. The number of para-hydroxylation sites is 1. The molecular formula is C19H13BrN6O3S. The highest BCUT2D eigenvalue weighted by Gasteiger charge is 2.15. The van der Waals surface area contributed by atoms with Gasteiger partial charge in [-0.2, -0.15) is 5.10 Å². The van der Waals surface area contributed by atoms with Crippen molar-refractivity contribution in [1.82, 2.24) is 19.7 Å². The lowest BCUT2D eigenvalue weighted by Gasteiger charge is -2.07. The Balaban J connectivity index is 1.48. The Kier molecular flexibility index (Phi) is 5.72. The van der Waals surface area contributed by atoms with Crippen molar-refractivity contribution in [3.8, 4) is 5.69 Å². The molecule has 2 aromatic carbocycles. The Morgan fingerprint density at radius 3 is 2.73 bits per heavy atom. The van der Waals surface area contributed by atoms with Gasteiger partial charge in [-0.15, -0.1) is 0 Å². The molecule has 0 atom stereocenters. The highest BCUT2D eigenvalue weighted by Crippen LogP contribution is 2.29. The number of amides is 1. The maximum Gasteiger partial charge on any atom is 0.270 e. The van der Waals surface area contributed by atoms with Crippen molar-refractivity contribution in [2.75, 3.05) is 11.1 Å². The number of non-ortho nitro benzene ring substituents is 1. The van der Waals surface area contributed by atoms with Gasteiger partial charge in [0.1, 0.15) is 11.4 Å². The number of hydrogen-bond donors (Lipinski definition) is 1. The van der Waals surface area contributed by atoms with Crippen molar-refractivity contribution in [3.63, 3.8) is 0 Å². The van der Waals surface area contributed by atoms with Crippen LogP contribution in [0.25, 0.3) is 16.7 Å². The molecule has 1 N–H and O–H groups in total. The molecule has 0 unspecified atom stereocenters. The summed E-state index contributed by atoms with van der Waals surface area (Å²) in [5.74, 6) is -0.164. The van der Waals surface area contributed by atoms with E-state index >= 15 is 0 Å². The summed E-state index contributed by atoms with van der Waals surface area (Å²) in [6.07, 6.45) is 3.12. The van der Waals surface area contributed by atoms with E-state index in [0.29, 0.717) is 20.8 Å². The molecule has 0 aliphatic carbocycles. The fraction of sp³-hybridized carbons (Fsp3) is 0.0526. The number of thioether (sulfide) groups is 1. The highest BCUT2D eigenvalue weighted by atomic mass is 79.9. The number of nitro groups is 1. The minimum absolute atomic E-state index is 0.0620. The Morgan fingerprint density at radius 1 is 1.20 bits per heavy atom. The number of carbonyl (C=O) groups excluding carboxylic acids is 1. The zero-order valence-corrected chi connectivity index (χ0v) is 17.6. The second-order valence-corrected chi connectivity index (χ2v) is 7.88. The van der Waals surface area contributed by atoms with Crippen LogP contribution in [0.15, 0.2) is 70.6 Å². The molecule has 0 aliphatic heterocycles. The number of carbonyl (C=O) groups is 1. The number of benzene rings is 2. The van der Waals surface area contributed by atoms with Gasteiger partial charge in [0.2, 0.25) is 5.91 Å². The van der Waals surface area contributed by atoms with E-state index in [1.54, 1.807) is 10.9 Å². The standard InChI is InChI=1S/C19H13BrN6O3S/c20-15-8-13(26(28)29)6-7-16(15)24-17(27)10-30-19-14-9-23-25(18(14)21-11-22-19)12-4-2-1-3-5-12/h1-9,11H,10H2,(H,24,27). The summed E-state index contributed by atoms with van der Waals surface area (Å²) in [5.41, 5.74) is 1.92. The van der Waals surface area contributed by atoms with Crippen LogP contribution in [0, 0.1) is 10.1 Å². The molecule has 9 nitrogen and oxygen atoms in total. The third-order valence-corrected chi connectivity index (χ3v) is 5.77. The summed E-state index contributed by atoms with van der Waals surface area (Å²) in [6, 6.07) is 13.8. The second-order valence-electron chi connectivity index (χ2n) is 6.07. The van der Waals surface area contributed by atoms with Gasteiger partial charge in [0.05, 0.1) is 33.6 Å². The van der Waals surface area contributed by atoms with E-state index in [2.05, 4.69) is 36.3 Å².